The number of aryl methyl sites for hydroxylation is 4. The van der Waals surface area contributed by atoms with E-state index >= 15 is 0 Å². The minimum atomic E-state index is -0.858. The minimum Gasteiger partial charge on any atom is -0.481 e. The van der Waals surface area contributed by atoms with E-state index in [0.29, 0.717) is 37.3 Å². The Morgan fingerprint density at radius 2 is 0.944 bits per heavy atom. The highest BCUT2D eigenvalue weighted by Gasteiger charge is 2.31. The van der Waals surface area contributed by atoms with E-state index in [0.717, 1.165) is 79.7 Å². The smallest absolute Gasteiger partial charge is 0.304 e. The number of carboxylic acids is 2. The van der Waals surface area contributed by atoms with Crippen molar-refractivity contribution in [3.63, 3.8) is 0 Å². The Balaban J connectivity index is 0.000000178. The zero-order valence-corrected chi connectivity index (χ0v) is 41.6. The van der Waals surface area contributed by atoms with E-state index in [1.165, 1.54) is 11.1 Å². The normalized spacial score (nSPS) is 16.1. The Hall–Kier alpha value is -8.00. The molecule has 0 fully saturated rings. The van der Waals surface area contributed by atoms with E-state index in [1.807, 2.05) is 144 Å². The van der Waals surface area contributed by atoms with Crippen molar-refractivity contribution in [3.8, 4) is 0 Å². The maximum Gasteiger partial charge on any atom is 0.304 e. The van der Waals surface area contributed by atoms with Gasteiger partial charge in [0.2, 0.25) is 0 Å². The molecule has 0 saturated heterocycles. The fourth-order valence-corrected chi connectivity index (χ4v) is 10.9. The van der Waals surface area contributed by atoms with Crippen molar-refractivity contribution >= 4 is 45.8 Å². The number of aromatic nitrogens is 6. The van der Waals surface area contributed by atoms with Crippen LogP contribution in [0.4, 0.5) is 0 Å². The Morgan fingerprint density at radius 1 is 0.556 bits per heavy atom. The lowest BCUT2D eigenvalue weighted by Gasteiger charge is -2.34. The number of hydrogen-bond acceptors (Lipinski definition) is 8. The highest BCUT2D eigenvalue weighted by atomic mass is 16.4. The molecule has 14 heteroatoms. The van der Waals surface area contributed by atoms with Gasteiger partial charge in [-0.25, -0.2) is 9.36 Å². The van der Waals surface area contributed by atoms with Crippen LogP contribution in [-0.4, -0.2) is 86.8 Å². The average molecular weight is 965 g/mol. The number of amides is 2. The number of nitrogens with zero attached hydrogens (tertiary/aromatic N) is 8. The second-order valence-corrected chi connectivity index (χ2v) is 19.2. The van der Waals surface area contributed by atoms with Gasteiger partial charge in [0, 0.05) is 62.2 Å². The Bertz CT molecular complexity index is 3110. The first-order chi connectivity index (χ1) is 34.7. The largest absolute Gasteiger partial charge is 0.481 e. The van der Waals surface area contributed by atoms with Crippen LogP contribution in [0.2, 0.25) is 0 Å². The standard InChI is InChI=1S/2C29H30N4O3/c2*1-4-33-26-13-12-24(19(3)28(26)30-31-33)25(15-27(34)35)21-10-11-23-18(2)16-32(17-22(23)14-21)29(36)20-8-6-5-7-9-20/h2*5-14,18,25H,4,15-17H2,1-3H3,(H,34,35). The zero-order valence-electron chi connectivity index (χ0n) is 41.6. The molecule has 2 aromatic heterocycles. The van der Waals surface area contributed by atoms with Crippen molar-refractivity contribution in [1.29, 1.82) is 0 Å². The number of hydrogen-bond donors (Lipinski definition) is 2. The van der Waals surface area contributed by atoms with Gasteiger partial charge in [-0.05, 0) is 132 Å². The van der Waals surface area contributed by atoms with Crippen LogP contribution in [0, 0.1) is 13.8 Å². The predicted molar refractivity (Wildman–Crippen MR) is 276 cm³/mol. The van der Waals surface area contributed by atoms with Crippen molar-refractivity contribution in [1.82, 2.24) is 39.8 Å². The monoisotopic (exact) mass is 964 g/mol. The SMILES string of the molecule is CCn1nnc2c(C)c(C(CC(=O)O)c3ccc4c(c3)CN(C(=O)c3ccccc3)CC4C)ccc21.CCn1nnc2c(C)c(C(CC(=O)O)c3ccc4c(c3)CN(C(=O)c3ccccc3)CC4C)ccc21. The van der Waals surface area contributed by atoms with Crippen LogP contribution in [-0.2, 0) is 35.8 Å². The molecule has 72 heavy (non-hydrogen) atoms. The van der Waals surface area contributed by atoms with Crippen molar-refractivity contribution in [3.05, 3.63) is 188 Å². The van der Waals surface area contributed by atoms with Gasteiger partial charge in [0.25, 0.3) is 11.8 Å². The molecule has 4 unspecified atom stereocenters. The third kappa shape index (κ3) is 9.73. The molecule has 6 aromatic carbocycles. The van der Waals surface area contributed by atoms with Crippen molar-refractivity contribution in [2.45, 2.75) is 104 Å². The lowest BCUT2D eigenvalue weighted by atomic mass is 9.82. The van der Waals surface area contributed by atoms with Gasteiger partial charge in [-0.1, -0.05) is 109 Å². The van der Waals surface area contributed by atoms with Gasteiger partial charge in [0.1, 0.15) is 11.0 Å². The summed E-state index contributed by atoms with van der Waals surface area (Å²) >= 11 is 0. The summed E-state index contributed by atoms with van der Waals surface area (Å²) in [5, 5.41) is 36.8. The first-order valence-electron chi connectivity index (χ1n) is 24.8. The molecule has 0 spiro atoms. The van der Waals surface area contributed by atoms with E-state index in [2.05, 4.69) is 58.7 Å². The highest BCUT2D eigenvalue weighted by molar-refractivity contribution is 5.95. The number of benzene rings is 6. The Labute approximate surface area is 418 Å². The summed E-state index contributed by atoms with van der Waals surface area (Å²) in [7, 11) is 0. The van der Waals surface area contributed by atoms with Crippen LogP contribution in [0.3, 0.4) is 0 Å². The van der Waals surface area contributed by atoms with Gasteiger partial charge in [-0.2, -0.15) is 0 Å². The fourth-order valence-electron chi connectivity index (χ4n) is 10.9. The van der Waals surface area contributed by atoms with Crippen molar-refractivity contribution in [2.24, 2.45) is 0 Å². The minimum absolute atomic E-state index is 0.0147. The molecule has 0 radical (unpaired) electrons. The molecule has 4 heterocycles. The summed E-state index contributed by atoms with van der Waals surface area (Å²) < 4.78 is 3.69. The highest BCUT2D eigenvalue weighted by Crippen LogP contribution is 2.39. The molecule has 8 aromatic rings. The van der Waals surface area contributed by atoms with E-state index < -0.39 is 11.9 Å². The predicted octanol–water partition coefficient (Wildman–Crippen LogP) is 10.3. The maximum absolute atomic E-state index is 13.2. The molecule has 14 nitrogen and oxygen atoms in total. The van der Waals surface area contributed by atoms with Gasteiger partial charge in [-0.3, -0.25) is 19.2 Å². The van der Waals surface area contributed by atoms with Crippen LogP contribution < -0.4 is 0 Å². The van der Waals surface area contributed by atoms with Crippen LogP contribution in [0.15, 0.2) is 121 Å². The summed E-state index contributed by atoms with van der Waals surface area (Å²) in [6.45, 7) is 16.0. The number of carbonyl (C=O) groups is 4. The fraction of sp³-hybridized carbons (Fsp3) is 0.310. The molecular formula is C58H60N8O6. The second kappa shape index (κ2) is 20.8. The Morgan fingerprint density at radius 3 is 1.31 bits per heavy atom. The zero-order chi connectivity index (χ0) is 50.8. The topological polar surface area (TPSA) is 177 Å². The molecule has 0 aliphatic carbocycles. The summed E-state index contributed by atoms with van der Waals surface area (Å²) in [4.78, 5) is 54.0. The Kier molecular flexibility index (Phi) is 14.1. The molecule has 368 valence electrons. The van der Waals surface area contributed by atoms with Gasteiger partial charge in [0.05, 0.1) is 23.9 Å². The van der Waals surface area contributed by atoms with E-state index in [1.54, 1.807) is 0 Å². The van der Waals surface area contributed by atoms with Crippen molar-refractivity contribution in [2.75, 3.05) is 13.1 Å². The summed E-state index contributed by atoms with van der Waals surface area (Å²) in [6, 6.07) is 39.2. The van der Waals surface area contributed by atoms with Gasteiger partial charge in [0.15, 0.2) is 0 Å². The molecule has 2 aliphatic heterocycles. The number of aliphatic carboxylic acids is 2. The number of rotatable bonds is 12. The van der Waals surface area contributed by atoms with E-state index in [4.69, 9.17) is 0 Å². The van der Waals surface area contributed by atoms with Gasteiger partial charge in [-0.15, -0.1) is 10.2 Å². The van der Waals surface area contributed by atoms with Crippen LogP contribution in [0.5, 0.6) is 0 Å². The molecule has 0 bridgehead atoms. The maximum atomic E-state index is 13.2. The molecule has 2 N–H and O–H groups in total. The molecule has 2 aliphatic rings. The molecule has 4 atom stereocenters. The lowest BCUT2D eigenvalue weighted by molar-refractivity contribution is -0.138. The lowest BCUT2D eigenvalue weighted by Crippen LogP contribution is -2.37. The summed E-state index contributed by atoms with van der Waals surface area (Å²) in [6.07, 6.45) is -0.0650. The van der Waals surface area contributed by atoms with Crippen LogP contribution >= 0.6 is 0 Å². The van der Waals surface area contributed by atoms with Crippen molar-refractivity contribution < 1.29 is 29.4 Å². The first-order valence-corrected chi connectivity index (χ1v) is 24.8. The van der Waals surface area contributed by atoms with E-state index in [9.17, 15) is 29.4 Å². The average Bonchev–Trinajstić information content (AvgIpc) is 4.03. The number of carbonyl (C=O) groups excluding carboxylic acids is 2. The first kappa shape index (κ1) is 49.0. The quantitative estimate of drug-likeness (QED) is 0.120. The molecule has 0 saturated carbocycles. The molecule has 2 amide bonds. The third-order valence-electron chi connectivity index (χ3n) is 14.6. The summed E-state index contributed by atoms with van der Waals surface area (Å²) in [5.41, 5.74) is 15.1. The van der Waals surface area contributed by atoms with Gasteiger partial charge < -0.3 is 20.0 Å². The number of fused-ring (bicyclic) bond motifs is 4. The molecular weight excluding hydrogens is 905 g/mol. The van der Waals surface area contributed by atoms with Gasteiger partial charge >= 0.3 is 11.9 Å². The number of carboxylic acid groups (broad SMARTS) is 2. The summed E-state index contributed by atoms with van der Waals surface area (Å²) in [5.74, 6) is -1.97. The third-order valence-corrected chi connectivity index (χ3v) is 14.6. The second-order valence-electron chi connectivity index (χ2n) is 19.2. The van der Waals surface area contributed by atoms with Crippen LogP contribution in [0.1, 0.15) is 141 Å². The van der Waals surface area contributed by atoms with Crippen LogP contribution in [0.25, 0.3) is 22.1 Å². The van der Waals surface area contributed by atoms with E-state index in [-0.39, 0.29) is 48.3 Å². The molecule has 10 rings (SSSR count).